The summed E-state index contributed by atoms with van der Waals surface area (Å²) in [7, 11) is -1.59. The molecule has 0 aliphatic carbocycles. The minimum absolute atomic E-state index is 0.405. The number of carbonyl (C=O) groups is 1. The van der Waals surface area contributed by atoms with Crippen LogP contribution in [0.2, 0.25) is 0 Å². The average molecular weight is 390 g/mol. The topological polar surface area (TPSA) is 86.7 Å². The van der Waals surface area contributed by atoms with Gasteiger partial charge in [-0.1, -0.05) is 0 Å². The third kappa shape index (κ3) is 4.94. The summed E-state index contributed by atoms with van der Waals surface area (Å²) in [5.74, 6) is -3.74. The highest BCUT2D eigenvalue weighted by atomic mass is 32.2. The Labute approximate surface area is 134 Å². The van der Waals surface area contributed by atoms with Gasteiger partial charge in [-0.05, 0) is 14.1 Å². The fraction of sp³-hybridized carbons (Fsp3) is 0.900. The van der Waals surface area contributed by atoms with Crippen LogP contribution in [0, 0.1) is 0 Å². The molecule has 0 aromatic heterocycles. The first-order chi connectivity index (χ1) is 10.3. The van der Waals surface area contributed by atoms with E-state index >= 15 is 0 Å². The Balaban J connectivity index is 5.55. The Morgan fingerprint density at radius 1 is 1.12 bits per heavy atom. The maximum atomic E-state index is 14.1. The van der Waals surface area contributed by atoms with Gasteiger partial charge in [0.1, 0.15) is 0 Å². The van der Waals surface area contributed by atoms with Crippen molar-refractivity contribution in [3.8, 4) is 0 Å². The summed E-state index contributed by atoms with van der Waals surface area (Å²) in [6.45, 7) is -0.968. The highest BCUT2D eigenvalue weighted by Gasteiger charge is 2.77. The lowest BCUT2D eigenvalue weighted by atomic mass is 10.0. The molecule has 2 N–H and O–H groups in total. The van der Waals surface area contributed by atoms with E-state index in [1.807, 2.05) is 0 Å². The number of nitrogens with one attached hydrogen (secondary N) is 1. The molecule has 1 atom stereocenters. The summed E-state index contributed by atoms with van der Waals surface area (Å²) in [5, 5.41) is 1.31. The highest BCUT2D eigenvalue weighted by molar-refractivity contribution is 7.85. The van der Waals surface area contributed by atoms with Crippen molar-refractivity contribution < 1.29 is 48.6 Å². The molecule has 7 nitrogen and oxygen atoms in total. The number of halogens is 6. The first kappa shape index (κ1) is 22.9. The van der Waals surface area contributed by atoms with Crippen LogP contribution in [0.3, 0.4) is 0 Å². The van der Waals surface area contributed by atoms with Gasteiger partial charge in [-0.25, -0.2) is 9.29 Å². The van der Waals surface area contributed by atoms with Crippen molar-refractivity contribution in [2.24, 2.45) is 0 Å². The van der Waals surface area contributed by atoms with Gasteiger partial charge < -0.3 is 5.32 Å². The van der Waals surface area contributed by atoms with Crippen LogP contribution in [0.25, 0.3) is 0 Å². The maximum Gasteiger partial charge on any atom is 0.439 e. The van der Waals surface area contributed by atoms with Gasteiger partial charge in [-0.3, -0.25) is 13.8 Å². The van der Waals surface area contributed by atoms with E-state index in [0.29, 0.717) is 14.1 Å². The first-order valence-electron chi connectivity index (χ1n) is 6.14. The quantitative estimate of drug-likeness (QED) is 0.216. The van der Waals surface area contributed by atoms with E-state index in [-0.39, 0.29) is 0 Å². The smallest absolute Gasteiger partial charge is 0.306 e. The molecule has 0 aromatic carbocycles. The molecule has 0 bridgehead atoms. The zero-order chi connectivity index (χ0) is 19.8. The molecule has 0 aromatic rings. The summed E-state index contributed by atoms with van der Waals surface area (Å²) in [6, 6.07) is -5.23. The van der Waals surface area contributed by atoms with Gasteiger partial charge in [0.05, 0.1) is 14.1 Å². The molecule has 0 aliphatic heterocycles. The van der Waals surface area contributed by atoms with E-state index in [1.165, 1.54) is 5.32 Å². The zero-order valence-corrected chi connectivity index (χ0v) is 14.0. The Morgan fingerprint density at radius 3 is 1.83 bits per heavy atom. The number of amides is 1. The molecule has 0 rings (SSSR count). The molecule has 1 amide bonds. The van der Waals surface area contributed by atoms with E-state index in [2.05, 4.69) is 0 Å². The lowest BCUT2D eigenvalue weighted by Crippen LogP contribution is -2.69. The normalized spacial score (nSPS) is 16.8. The SMILES string of the molecule is CN(C)C(F)(F)C(F)(C(=O)NC[N+](C)(C)CS(=O)(=O)O)C(F)(F)F. The molecule has 24 heavy (non-hydrogen) atoms. The molecule has 0 saturated carbocycles. The summed E-state index contributed by atoms with van der Waals surface area (Å²) < 4.78 is 109. The second kappa shape index (κ2) is 6.65. The van der Waals surface area contributed by atoms with E-state index < -0.39 is 55.8 Å². The van der Waals surface area contributed by atoms with E-state index in [0.717, 1.165) is 14.1 Å². The number of alkyl halides is 6. The third-order valence-corrected chi connectivity index (χ3v) is 3.89. The molecule has 0 fully saturated rings. The number of carbonyl (C=O) groups excluding carboxylic acids is 1. The largest absolute Gasteiger partial charge is 0.439 e. The average Bonchev–Trinajstić information content (AvgIpc) is 2.30. The minimum atomic E-state index is -6.24. The lowest BCUT2D eigenvalue weighted by Gasteiger charge is -2.37. The van der Waals surface area contributed by atoms with E-state index in [9.17, 15) is 39.6 Å². The van der Waals surface area contributed by atoms with Gasteiger partial charge in [-0.2, -0.15) is 30.4 Å². The second-order valence-electron chi connectivity index (χ2n) is 5.90. The van der Waals surface area contributed by atoms with Crippen molar-refractivity contribution in [3.05, 3.63) is 0 Å². The van der Waals surface area contributed by atoms with Crippen LogP contribution in [0.15, 0.2) is 0 Å². The van der Waals surface area contributed by atoms with Gasteiger partial charge in [0.15, 0.2) is 6.67 Å². The molecular weight excluding hydrogens is 372 g/mol. The van der Waals surface area contributed by atoms with Crippen LogP contribution < -0.4 is 5.32 Å². The number of quaternary nitrogens is 1. The van der Waals surface area contributed by atoms with Gasteiger partial charge in [-0.15, -0.1) is 0 Å². The number of hydrogen-bond donors (Lipinski definition) is 2. The van der Waals surface area contributed by atoms with Gasteiger partial charge >= 0.3 is 28.0 Å². The van der Waals surface area contributed by atoms with Crippen molar-refractivity contribution in [2.45, 2.75) is 17.9 Å². The van der Waals surface area contributed by atoms with Crippen LogP contribution in [0.5, 0.6) is 0 Å². The molecule has 0 radical (unpaired) electrons. The number of rotatable bonds is 7. The van der Waals surface area contributed by atoms with Crippen molar-refractivity contribution in [1.82, 2.24) is 10.2 Å². The van der Waals surface area contributed by atoms with E-state index in [1.54, 1.807) is 0 Å². The summed E-state index contributed by atoms with van der Waals surface area (Å²) in [6.07, 6.45) is -6.24. The predicted octanol–water partition coefficient (Wildman–Crippen LogP) is 0.407. The summed E-state index contributed by atoms with van der Waals surface area (Å²) in [4.78, 5) is 11.1. The Morgan fingerprint density at radius 2 is 1.54 bits per heavy atom. The molecule has 14 heteroatoms. The van der Waals surface area contributed by atoms with Gasteiger partial charge in [0.2, 0.25) is 5.88 Å². The van der Waals surface area contributed by atoms with Gasteiger partial charge in [0.25, 0.3) is 5.91 Å². The van der Waals surface area contributed by atoms with Crippen molar-refractivity contribution in [1.29, 1.82) is 0 Å². The van der Waals surface area contributed by atoms with E-state index in [4.69, 9.17) is 4.55 Å². The van der Waals surface area contributed by atoms with Crippen LogP contribution >= 0.6 is 0 Å². The Hall–Kier alpha value is -1.12. The minimum Gasteiger partial charge on any atom is -0.306 e. The van der Waals surface area contributed by atoms with Crippen LogP contribution in [-0.4, -0.2) is 86.9 Å². The Kier molecular flexibility index (Phi) is 6.34. The molecule has 0 spiro atoms. The summed E-state index contributed by atoms with van der Waals surface area (Å²) in [5.41, 5.74) is -5.57. The number of hydrogen-bond acceptors (Lipinski definition) is 4. The molecule has 0 aliphatic rings. The number of nitrogens with zero attached hydrogens (tertiary/aromatic N) is 2. The second-order valence-corrected chi connectivity index (χ2v) is 7.32. The maximum absolute atomic E-state index is 14.1. The summed E-state index contributed by atoms with van der Waals surface area (Å²) >= 11 is 0. The monoisotopic (exact) mass is 390 g/mol. The van der Waals surface area contributed by atoms with Crippen molar-refractivity contribution in [3.63, 3.8) is 0 Å². The molecule has 0 heterocycles. The molecule has 1 unspecified atom stereocenters. The van der Waals surface area contributed by atoms with Crippen LogP contribution in [0.1, 0.15) is 0 Å². The lowest BCUT2D eigenvalue weighted by molar-refractivity contribution is -0.880. The predicted molar refractivity (Wildman–Crippen MR) is 70.1 cm³/mol. The third-order valence-electron chi connectivity index (χ3n) is 2.86. The molecular formula is C10H18F6N3O4S+. The fourth-order valence-electron chi connectivity index (χ4n) is 1.64. The fourth-order valence-corrected chi connectivity index (χ4v) is 2.61. The van der Waals surface area contributed by atoms with Crippen molar-refractivity contribution >= 4 is 16.0 Å². The zero-order valence-electron chi connectivity index (χ0n) is 13.2. The molecule has 0 saturated heterocycles. The highest BCUT2D eigenvalue weighted by Crippen LogP contribution is 2.46. The molecule has 144 valence electrons. The standard InChI is InChI=1S/C10H17F6N3O4S/c1-18(2)10(15,16)8(11,9(12,13)14)7(20)17-5-19(3,4)6-24(21,22)23/h5-6H2,1-4H3,(H-,17,20,21,22,23)/p+1. The van der Waals surface area contributed by atoms with Crippen molar-refractivity contribution in [2.75, 3.05) is 40.7 Å². The first-order valence-corrected chi connectivity index (χ1v) is 7.75. The van der Waals surface area contributed by atoms with Crippen LogP contribution in [0.4, 0.5) is 26.3 Å². The van der Waals surface area contributed by atoms with Gasteiger partial charge in [0, 0.05) is 0 Å². The Bertz CT molecular complexity index is 578. The van der Waals surface area contributed by atoms with Crippen LogP contribution in [-0.2, 0) is 14.9 Å².